The van der Waals surface area contributed by atoms with E-state index in [9.17, 15) is 18.0 Å². The lowest BCUT2D eigenvalue weighted by atomic mass is 10.1. The fourth-order valence-corrected chi connectivity index (χ4v) is 4.42. The molecule has 1 heterocycles. The molecule has 1 aliphatic rings. The molecule has 0 atom stereocenters. The van der Waals surface area contributed by atoms with Crippen LogP contribution in [0.25, 0.3) is 0 Å². The average Bonchev–Trinajstić information content (AvgIpc) is 2.74. The summed E-state index contributed by atoms with van der Waals surface area (Å²) in [6.45, 7) is 1.32. The van der Waals surface area contributed by atoms with Crippen LogP contribution in [0.1, 0.15) is 29.6 Å². The molecule has 0 saturated carbocycles. The van der Waals surface area contributed by atoms with Crippen LogP contribution in [0, 0.1) is 0 Å². The fourth-order valence-electron chi connectivity index (χ4n) is 3.05. The van der Waals surface area contributed by atoms with Crippen molar-refractivity contribution in [2.45, 2.75) is 24.2 Å². The first-order valence-corrected chi connectivity index (χ1v) is 11.6. The molecule has 2 aromatic rings. The maximum Gasteiger partial charge on any atom is 0.261 e. The van der Waals surface area contributed by atoms with Gasteiger partial charge in [-0.25, -0.2) is 8.42 Å². The van der Waals surface area contributed by atoms with E-state index in [0.29, 0.717) is 18.8 Å². The van der Waals surface area contributed by atoms with Gasteiger partial charge in [0.05, 0.1) is 11.4 Å². The molecule has 0 spiro atoms. The summed E-state index contributed by atoms with van der Waals surface area (Å²) >= 11 is 3.30. The van der Waals surface area contributed by atoms with Gasteiger partial charge < -0.3 is 10.2 Å². The first-order valence-electron chi connectivity index (χ1n) is 9.29. The summed E-state index contributed by atoms with van der Waals surface area (Å²) in [4.78, 5) is 26.3. The zero-order valence-corrected chi connectivity index (χ0v) is 18.1. The molecule has 2 N–H and O–H groups in total. The third-order valence-electron chi connectivity index (χ3n) is 4.61. The molecule has 7 nitrogen and oxygen atoms in total. The third kappa shape index (κ3) is 5.80. The molecule has 1 saturated heterocycles. The molecule has 3 rings (SSSR count). The number of hydrogen-bond donors (Lipinski definition) is 2. The molecule has 2 aromatic carbocycles. The number of hydrogen-bond acceptors (Lipinski definition) is 4. The average molecular weight is 480 g/mol. The van der Waals surface area contributed by atoms with E-state index in [1.165, 1.54) is 24.3 Å². The van der Waals surface area contributed by atoms with E-state index in [4.69, 9.17) is 0 Å². The fraction of sp³-hybridized carbons (Fsp3) is 0.300. The standard InChI is InChI=1S/C20H22BrN3O4S/c21-16-7-9-17(10-8-16)23-29(27,28)18-6-4-5-15(13-18)20(26)22-14-19(25)24-11-2-1-3-12-24/h4-10,13,23H,1-3,11-12,14H2,(H,22,26). The number of amides is 2. The quantitative estimate of drug-likeness (QED) is 0.665. The lowest BCUT2D eigenvalue weighted by Gasteiger charge is -2.26. The second-order valence-corrected chi connectivity index (χ2v) is 9.36. The van der Waals surface area contributed by atoms with Gasteiger partial charge in [-0.3, -0.25) is 14.3 Å². The lowest BCUT2D eigenvalue weighted by molar-refractivity contribution is -0.130. The van der Waals surface area contributed by atoms with Crippen LogP contribution in [0.4, 0.5) is 5.69 Å². The Kier molecular flexibility index (Phi) is 6.92. The van der Waals surface area contributed by atoms with Gasteiger partial charge in [0.15, 0.2) is 0 Å². The molecule has 9 heteroatoms. The highest BCUT2D eigenvalue weighted by molar-refractivity contribution is 9.10. The predicted octanol–water partition coefficient (Wildman–Crippen LogP) is 2.99. The van der Waals surface area contributed by atoms with Gasteiger partial charge in [-0.15, -0.1) is 0 Å². The number of rotatable bonds is 6. The third-order valence-corrected chi connectivity index (χ3v) is 6.52. The Balaban J connectivity index is 1.65. The van der Waals surface area contributed by atoms with Gasteiger partial charge in [-0.1, -0.05) is 22.0 Å². The summed E-state index contributed by atoms with van der Waals surface area (Å²) in [6.07, 6.45) is 3.07. The number of sulfonamides is 1. The number of nitrogens with one attached hydrogen (secondary N) is 2. The first kappa shape index (κ1) is 21.3. The van der Waals surface area contributed by atoms with E-state index in [0.717, 1.165) is 23.7 Å². The van der Waals surface area contributed by atoms with Crippen LogP contribution in [0.2, 0.25) is 0 Å². The largest absolute Gasteiger partial charge is 0.343 e. The summed E-state index contributed by atoms with van der Waals surface area (Å²) in [5.74, 6) is -0.616. The molecule has 1 aliphatic heterocycles. The van der Waals surface area contributed by atoms with Crippen molar-refractivity contribution in [1.29, 1.82) is 0 Å². The molecule has 0 aliphatic carbocycles. The molecular formula is C20H22BrN3O4S. The number of anilines is 1. The van der Waals surface area contributed by atoms with Crippen molar-refractivity contribution in [3.05, 3.63) is 58.6 Å². The maximum absolute atomic E-state index is 12.6. The Morgan fingerprint density at radius 2 is 1.69 bits per heavy atom. The molecule has 29 heavy (non-hydrogen) atoms. The maximum atomic E-state index is 12.6. The van der Waals surface area contributed by atoms with Crippen LogP contribution in [-0.2, 0) is 14.8 Å². The molecule has 0 aromatic heterocycles. The summed E-state index contributed by atoms with van der Waals surface area (Å²) < 4.78 is 28.5. The Morgan fingerprint density at radius 1 is 1.00 bits per heavy atom. The van der Waals surface area contributed by atoms with Crippen molar-refractivity contribution >= 4 is 43.5 Å². The van der Waals surface area contributed by atoms with Gasteiger partial charge in [0, 0.05) is 28.8 Å². The van der Waals surface area contributed by atoms with E-state index in [1.54, 1.807) is 29.2 Å². The summed E-state index contributed by atoms with van der Waals surface area (Å²) in [5.41, 5.74) is 0.588. The van der Waals surface area contributed by atoms with Crippen molar-refractivity contribution in [2.24, 2.45) is 0 Å². The van der Waals surface area contributed by atoms with Gasteiger partial charge in [0.1, 0.15) is 0 Å². The van der Waals surface area contributed by atoms with Crippen LogP contribution < -0.4 is 10.0 Å². The highest BCUT2D eigenvalue weighted by Crippen LogP contribution is 2.19. The predicted molar refractivity (Wildman–Crippen MR) is 114 cm³/mol. The van der Waals surface area contributed by atoms with Crippen LogP contribution >= 0.6 is 15.9 Å². The lowest BCUT2D eigenvalue weighted by Crippen LogP contribution is -2.42. The minimum absolute atomic E-state index is 0.0320. The van der Waals surface area contributed by atoms with Crippen molar-refractivity contribution in [1.82, 2.24) is 10.2 Å². The number of benzene rings is 2. The van der Waals surface area contributed by atoms with Gasteiger partial charge >= 0.3 is 0 Å². The summed E-state index contributed by atoms with van der Waals surface area (Å²) in [5, 5.41) is 2.58. The Hall–Kier alpha value is -2.39. The highest BCUT2D eigenvalue weighted by atomic mass is 79.9. The minimum atomic E-state index is -3.85. The molecule has 2 amide bonds. The number of likely N-dealkylation sites (tertiary alicyclic amines) is 1. The monoisotopic (exact) mass is 479 g/mol. The SMILES string of the molecule is O=C(NCC(=O)N1CCCCC1)c1cccc(S(=O)(=O)Nc2ccc(Br)cc2)c1. The molecule has 0 bridgehead atoms. The Morgan fingerprint density at radius 3 is 2.38 bits per heavy atom. The van der Waals surface area contributed by atoms with E-state index in [1.807, 2.05) is 0 Å². The number of carbonyl (C=O) groups excluding carboxylic acids is 2. The molecule has 154 valence electrons. The van der Waals surface area contributed by atoms with Gasteiger partial charge in [-0.2, -0.15) is 0 Å². The second-order valence-electron chi connectivity index (χ2n) is 6.76. The molecule has 0 unspecified atom stereocenters. The van der Waals surface area contributed by atoms with Crippen molar-refractivity contribution in [3.63, 3.8) is 0 Å². The van der Waals surface area contributed by atoms with Gasteiger partial charge in [-0.05, 0) is 61.7 Å². The van der Waals surface area contributed by atoms with Gasteiger partial charge in [0.25, 0.3) is 15.9 Å². The van der Waals surface area contributed by atoms with Gasteiger partial charge in [0.2, 0.25) is 5.91 Å². The second kappa shape index (κ2) is 9.41. The summed E-state index contributed by atoms with van der Waals surface area (Å²) in [6, 6.07) is 12.4. The van der Waals surface area contributed by atoms with E-state index in [-0.39, 0.29) is 22.9 Å². The smallest absolute Gasteiger partial charge is 0.261 e. The van der Waals surface area contributed by atoms with Crippen molar-refractivity contribution in [2.75, 3.05) is 24.4 Å². The van der Waals surface area contributed by atoms with E-state index >= 15 is 0 Å². The number of halogens is 1. The Bertz CT molecular complexity index is 987. The van der Waals surface area contributed by atoms with Crippen LogP contribution in [-0.4, -0.2) is 44.8 Å². The van der Waals surface area contributed by atoms with E-state index in [2.05, 4.69) is 26.0 Å². The number of piperidine rings is 1. The Labute approximate surface area is 178 Å². The molecule has 0 radical (unpaired) electrons. The normalized spacial score (nSPS) is 14.3. The van der Waals surface area contributed by atoms with Crippen LogP contribution in [0.3, 0.4) is 0 Å². The van der Waals surface area contributed by atoms with Crippen LogP contribution in [0.5, 0.6) is 0 Å². The zero-order valence-electron chi connectivity index (χ0n) is 15.7. The minimum Gasteiger partial charge on any atom is -0.343 e. The highest BCUT2D eigenvalue weighted by Gasteiger charge is 2.19. The number of carbonyl (C=O) groups is 2. The van der Waals surface area contributed by atoms with Crippen molar-refractivity contribution in [3.8, 4) is 0 Å². The summed E-state index contributed by atoms with van der Waals surface area (Å²) in [7, 11) is -3.85. The first-order chi connectivity index (χ1) is 13.8. The van der Waals surface area contributed by atoms with Crippen molar-refractivity contribution < 1.29 is 18.0 Å². The molecule has 1 fully saturated rings. The van der Waals surface area contributed by atoms with E-state index < -0.39 is 15.9 Å². The number of nitrogens with zero attached hydrogens (tertiary/aromatic N) is 1. The van der Waals surface area contributed by atoms with Crippen LogP contribution in [0.15, 0.2) is 57.9 Å². The topological polar surface area (TPSA) is 95.6 Å². The zero-order chi connectivity index (χ0) is 20.9. The molecular weight excluding hydrogens is 458 g/mol.